The van der Waals surface area contributed by atoms with Gasteiger partial charge in [0, 0.05) is 6.54 Å². The van der Waals surface area contributed by atoms with Crippen molar-refractivity contribution in [2.45, 2.75) is 56.1 Å². The Morgan fingerprint density at radius 1 is 0.711 bits per heavy atom. The van der Waals surface area contributed by atoms with Gasteiger partial charge in [0.15, 0.2) is 0 Å². The Morgan fingerprint density at radius 3 is 1.68 bits per heavy atom. The molecule has 0 heterocycles. The molecule has 200 valence electrons. The second-order valence-electron chi connectivity index (χ2n) is 10.2. The van der Waals surface area contributed by atoms with Gasteiger partial charge in [-0.1, -0.05) is 117 Å². The molecule has 1 saturated carbocycles. The first kappa shape index (κ1) is 28.0. The minimum Gasteiger partial charge on any atom is -0.481 e. The number of thioether (sulfide) groups is 1. The van der Waals surface area contributed by atoms with Gasteiger partial charge in [0.05, 0.1) is 16.6 Å². The zero-order valence-corrected chi connectivity index (χ0v) is 22.9. The molecule has 0 aromatic heterocycles. The fourth-order valence-electron chi connectivity index (χ4n) is 5.66. The SMILES string of the molecule is O=C(O)[C@H]1CCCC[C@H]1C(=O)NCCCCCCSC(c1ccccc1)(c1ccccc1)c1ccccc1. The fourth-order valence-corrected chi connectivity index (χ4v) is 7.22. The second kappa shape index (κ2) is 14.2. The van der Waals surface area contributed by atoms with Crippen LogP contribution in [0.15, 0.2) is 91.0 Å². The lowest BCUT2D eigenvalue weighted by Crippen LogP contribution is -2.40. The van der Waals surface area contributed by atoms with Gasteiger partial charge < -0.3 is 10.4 Å². The summed E-state index contributed by atoms with van der Waals surface area (Å²) in [6, 6.07) is 32.3. The molecule has 0 unspecified atom stereocenters. The molecule has 1 aliphatic carbocycles. The normalized spacial score (nSPS) is 17.6. The van der Waals surface area contributed by atoms with Crippen molar-refractivity contribution >= 4 is 23.6 Å². The zero-order chi connectivity index (χ0) is 26.6. The summed E-state index contributed by atoms with van der Waals surface area (Å²) in [5.41, 5.74) is 3.85. The van der Waals surface area contributed by atoms with Crippen molar-refractivity contribution in [2.24, 2.45) is 11.8 Å². The summed E-state index contributed by atoms with van der Waals surface area (Å²) >= 11 is 1.99. The van der Waals surface area contributed by atoms with Crippen molar-refractivity contribution in [3.05, 3.63) is 108 Å². The van der Waals surface area contributed by atoms with Crippen molar-refractivity contribution in [3.63, 3.8) is 0 Å². The number of unbranched alkanes of at least 4 members (excludes halogenated alkanes) is 3. The predicted molar refractivity (Wildman–Crippen MR) is 156 cm³/mol. The molecule has 2 N–H and O–H groups in total. The lowest BCUT2D eigenvalue weighted by atomic mass is 9.78. The average molecular weight is 530 g/mol. The largest absolute Gasteiger partial charge is 0.481 e. The third kappa shape index (κ3) is 6.87. The van der Waals surface area contributed by atoms with Gasteiger partial charge in [0.1, 0.15) is 0 Å². The van der Waals surface area contributed by atoms with Crippen LogP contribution in [0.5, 0.6) is 0 Å². The van der Waals surface area contributed by atoms with Gasteiger partial charge in [-0.15, -0.1) is 11.8 Å². The summed E-state index contributed by atoms with van der Waals surface area (Å²) in [6.45, 7) is 0.622. The van der Waals surface area contributed by atoms with Crippen molar-refractivity contribution < 1.29 is 14.7 Å². The van der Waals surface area contributed by atoms with Crippen LogP contribution in [-0.2, 0) is 14.3 Å². The number of benzene rings is 3. The van der Waals surface area contributed by atoms with Crippen molar-refractivity contribution in [2.75, 3.05) is 12.3 Å². The molecular weight excluding hydrogens is 490 g/mol. The molecule has 1 aliphatic rings. The number of hydrogen-bond donors (Lipinski definition) is 2. The number of hydrogen-bond acceptors (Lipinski definition) is 3. The quantitative estimate of drug-likeness (QED) is 0.180. The van der Waals surface area contributed by atoms with Crippen LogP contribution in [0.1, 0.15) is 68.1 Å². The lowest BCUT2D eigenvalue weighted by Gasteiger charge is -2.35. The molecule has 0 bridgehead atoms. The smallest absolute Gasteiger partial charge is 0.307 e. The molecule has 0 spiro atoms. The molecule has 4 rings (SSSR count). The minimum absolute atomic E-state index is 0.0778. The lowest BCUT2D eigenvalue weighted by molar-refractivity contribution is -0.148. The van der Waals surface area contributed by atoms with Crippen LogP contribution in [0, 0.1) is 11.8 Å². The van der Waals surface area contributed by atoms with Crippen LogP contribution in [-0.4, -0.2) is 29.3 Å². The average Bonchev–Trinajstić information content (AvgIpc) is 2.98. The molecule has 0 saturated heterocycles. The highest BCUT2D eigenvalue weighted by atomic mass is 32.2. The highest BCUT2D eigenvalue weighted by molar-refractivity contribution is 8.00. The standard InChI is InChI=1S/C33H39NO3S/c35-31(29-22-12-13-23-30(29)32(36)37)34-24-14-1-2-15-25-38-33(26-16-6-3-7-17-26,27-18-8-4-9-19-27)28-20-10-5-11-21-28/h3-11,16-21,29-30H,1-2,12-15,22-25H2,(H,34,35)(H,36,37)/t29-,30+/m1/s1. The van der Waals surface area contributed by atoms with E-state index in [9.17, 15) is 14.7 Å². The Balaban J connectivity index is 1.32. The van der Waals surface area contributed by atoms with Crippen molar-refractivity contribution in [1.82, 2.24) is 5.32 Å². The number of carboxylic acids is 1. The Labute approximate surface area is 231 Å². The van der Waals surface area contributed by atoms with E-state index in [1.807, 2.05) is 11.8 Å². The van der Waals surface area contributed by atoms with Crippen molar-refractivity contribution in [1.29, 1.82) is 0 Å². The Morgan fingerprint density at radius 2 is 1.18 bits per heavy atom. The molecule has 1 fully saturated rings. The molecule has 3 aromatic carbocycles. The minimum atomic E-state index is -0.833. The van der Waals surface area contributed by atoms with Crippen LogP contribution in [0.25, 0.3) is 0 Å². The Kier molecular flexibility index (Phi) is 10.5. The van der Waals surface area contributed by atoms with Gasteiger partial charge in [-0.05, 0) is 48.1 Å². The maximum atomic E-state index is 12.6. The number of carboxylic acid groups (broad SMARTS) is 1. The number of rotatable bonds is 13. The molecular formula is C33H39NO3S. The monoisotopic (exact) mass is 529 g/mol. The molecule has 4 nitrogen and oxygen atoms in total. The van der Waals surface area contributed by atoms with Gasteiger partial charge in [-0.2, -0.15) is 0 Å². The van der Waals surface area contributed by atoms with Gasteiger partial charge in [0.2, 0.25) is 5.91 Å². The predicted octanol–water partition coefficient (Wildman–Crippen LogP) is 7.28. The Hall–Kier alpha value is -3.05. The zero-order valence-electron chi connectivity index (χ0n) is 22.1. The number of nitrogens with one attached hydrogen (secondary N) is 1. The van der Waals surface area contributed by atoms with Gasteiger partial charge in [-0.3, -0.25) is 9.59 Å². The fraction of sp³-hybridized carbons (Fsp3) is 0.394. The molecule has 0 radical (unpaired) electrons. The van der Waals surface area contributed by atoms with E-state index in [-0.39, 0.29) is 16.6 Å². The summed E-state index contributed by atoms with van der Waals surface area (Å²) in [6.07, 6.45) is 7.29. The summed E-state index contributed by atoms with van der Waals surface area (Å²) in [5.74, 6) is -0.793. The first-order chi connectivity index (χ1) is 18.6. The number of carbonyl (C=O) groups is 2. The van der Waals surface area contributed by atoms with E-state index < -0.39 is 11.9 Å². The van der Waals surface area contributed by atoms with E-state index in [1.165, 1.54) is 16.7 Å². The highest BCUT2D eigenvalue weighted by Crippen LogP contribution is 2.48. The number of amides is 1. The van der Waals surface area contributed by atoms with Crippen LogP contribution in [0.3, 0.4) is 0 Å². The molecule has 38 heavy (non-hydrogen) atoms. The van der Waals surface area contributed by atoms with Crippen molar-refractivity contribution in [3.8, 4) is 0 Å². The van der Waals surface area contributed by atoms with E-state index in [0.717, 1.165) is 44.3 Å². The molecule has 5 heteroatoms. The molecule has 2 atom stereocenters. The summed E-state index contributed by atoms with van der Waals surface area (Å²) in [4.78, 5) is 24.1. The van der Waals surface area contributed by atoms with E-state index >= 15 is 0 Å². The van der Waals surface area contributed by atoms with Gasteiger partial charge in [0.25, 0.3) is 0 Å². The maximum absolute atomic E-state index is 12.6. The van der Waals surface area contributed by atoms with Crippen LogP contribution in [0.2, 0.25) is 0 Å². The van der Waals surface area contributed by atoms with E-state index in [0.29, 0.717) is 19.4 Å². The van der Waals surface area contributed by atoms with E-state index in [1.54, 1.807) is 0 Å². The van der Waals surface area contributed by atoms with Crippen LogP contribution < -0.4 is 5.32 Å². The first-order valence-corrected chi connectivity index (χ1v) is 14.9. The van der Waals surface area contributed by atoms with Gasteiger partial charge >= 0.3 is 5.97 Å². The number of carbonyl (C=O) groups excluding carboxylic acids is 1. The maximum Gasteiger partial charge on any atom is 0.307 e. The Bertz CT molecular complexity index is 1040. The first-order valence-electron chi connectivity index (χ1n) is 13.9. The van der Waals surface area contributed by atoms with Gasteiger partial charge in [-0.25, -0.2) is 0 Å². The molecule has 3 aromatic rings. The second-order valence-corrected chi connectivity index (χ2v) is 11.5. The molecule has 1 amide bonds. The number of aliphatic carboxylic acids is 1. The topological polar surface area (TPSA) is 66.4 Å². The van der Waals surface area contributed by atoms with Crippen LogP contribution in [0.4, 0.5) is 0 Å². The summed E-state index contributed by atoms with van der Waals surface area (Å²) < 4.78 is -0.279. The van der Waals surface area contributed by atoms with E-state index in [2.05, 4.69) is 96.3 Å². The third-order valence-electron chi connectivity index (χ3n) is 7.65. The summed E-state index contributed by atoms with van der Waals surface area (Å²) in [7, 11) is 0. The van der Waals surface area contributed by atoms with E-state index in [4.69, 9.17) is 0 Å². The molecule has 0 aliphatic heterocycles. The highest BCUT2D eigenvalue weighted by Gasteiger charge is 2.37. The third-order valence-corrected chi connectivity index (χ3v) is 9.28. The summed E-state index contributed by atoms with van der Waals surface area (Å²) in [5, 5.41) is 12.5. The van der Waals surface area contributed by atoms with Crippen LogP contribution >= 0.6 is 11.8 Å².